The van der Waals surface area contributed by atoms with Crippen LogP contribution >= 0.6 is 0 Å². The van der Waals surface area contributed by atoms with Crippen LogP contribution in [0.4, 0.5) is 0 Å². The van der Waals surface area contributed by atoms with E-state index in [-0.39, 0.29) is 29.9 Å². The van der Waals surface area contributed by atoms with Gasteiger partial charge in [-0.15, -0.1) is 0 Å². The molecule has 0 amide bonds. The number of pyridine rings is 1. The molecule has 0 fully saturated rings. The number of rotatable bonds is 7. The Morgan fingerprint density at radius 2 is 2.00 bits per heavy atom. The summed E-state index contributed by atoms with van der Waals surface area (Å²) >= 11 is 0. The van der Waals surface area contributed by atoms with Gasteiger partial charge in [-0.25, -0.2) is 4.79 Å². The second kappa shape index (κ2) is 8.51. The second-order valence-electron chi connectivity index (χ2n) is 6.84. The number of aromatic carboxylic acids is 1. The number of carboxylic acids is 1. The highest BCUT2D eigenvalue weighted by atomic mass is 16.5. The van der Waals surface area contributed by atoms with Gasteiger partial charge in [-0.1, -0.05) is 12.1 Å². The molecule has 0 saturated carbocycles. The van der Waals surface area contributed by atoms with Crippen LogP contribution in [0.3, 0.4) is 0 Å². The van der Waals surface area contributed by atoms with E-state index in [1.54, 1.807) is 24.4 Å². The molecule has 2 heterocycles. The molecule has 146 valence electrons. The zero-order valence-electron chi connectivity index (χ0n) is 15.3. The molecule has 1 atom stereocenters. The minimum Gasteiger partial charge on any atom is -0.535 e. The second-order valence-corrected chi connectivity index (χ2v) is 6.84. The third-order valence-electron chi connectivity index (χ3n) is 4.90. The zero-order chi connectivity index (χ0) is 20.3. The number of Topliss-reactive ketones (excluding diaryl/α,β-unsaturated/α-hetero) is 1. The molecule has 0 radical (unpaired) electrons. The van der Waals surface area contributed by atoms with Crippen molar-refractivity contribution in [1.29, 1.82) is 0 Å². The van der Waals surface area contributed by atoms with Crippen molar-refractivity contribution < 1.29 is 24.4 Å². The van der Waals surface area contributed by atoms with E-state index in [0.29, 0.717) is 30.8 Å². The number of para-hydroxylation sites is 1. The topological polar surface area (TPSA) is 149 Å². The molecule has 1 aromatic carbocycles. The highest BCUT2D eigenvalue weighted by Crippen LogP contribution is 2.36. The minimum atomic E-state index is -1.25. The summed E-state index contributed by atoms with van der Waals surface area (Å²) in [6.07, 6.45) is 2.20. The lowest BCUT2D eigenvalue weighted by atomic mass is 9.64. The number of nitrogens with zero attached hydrogens (tertiary/aromatic N) is 1. The smallest absolute Gasteiger partial charge is 0.526 e. The molecular weight excluding hydrogens is 361 g/mol. The fourth-order valence-electron chi connectivity index (χ4n) is 3.44. The fraction of sp³-hybridized carbons (Fsp3) is 0.316. The average molecular weight is 383 g/mol. The van der Waals surface area contributed by atoms with Crippen molar-refractivity contribution in [3.63, 3.8) is 0 Å². The highest BCUT2D eigenvalue weighted by molar-refractivity contribution is 6.47. The Kier molecular flexibility index (Phi) is 6.08. The number of hydrogen-bond donors (Lipinski definition) is 4. The van der Waals surface area contributed by atoms with Crippen LogP contribution in [-0.4, -0.2) is 34.0 Å². The third kappa shape index (κ3) is 4.22. The first-order valence-electron chi connectivity index (χ1n) is 9.01. The number of hydrogen-bond acceptors (Lipinski definition) is 7. The molecule has 1 aliphatic rings. The molecule has 0 aliphatic carbocycles. The van der Waals surface area contributed by atoms with E-state index < -0.39 is 18.9 Å². The zero-order valence-corrected chi connectivity index (χ0v) is 15.3. The van der Waals surface area contributed by atoms with Crippen LogP contribution in [0, 0.1) is 0 Å². The van der Waals surface area contributed by atoms with E-state index >= 15 is 0 Å². The van der Waals surface area contributed by atoms with Crippen molar-refractivity contribution >= 4 is 18.9 Å². The van der Waals surface area contributed by atoms with Crippen LogP contribution in [0.15, 0.2) is 30.5 Å². The fourth-order valence-corrected chi connectivity index (χ4v) is 3.44. The van der Waals surface area contributed by atoms with E-state index in [0.717, 1.165) is 11.1 Å². The summed E-state index contributed by atoms with van der Waals surface area (Å²) in [5.74, 6) is -1.51. The van der Waals surface area contributed by atoms with E-state index in [2.05, 4.69) is 4.98 Å². The van der Waals surface area contributed by atoms with Crippen molar-refractivity contribution in [2.45, 2.75) is 38.2 Å². The molecule has 3 rings (SSSR count). The van der Waals surface area contributed by atoms with Crippen LogP contribution in [0.2, 0.25) is 5.82 Å². The first-order valence-corrected chi connectivity index (χ1v) is 9.01. The Labute approximate surface area is 162 Å². The molecule has 0 unspecified atom stereocenters. The Morgan fingerprint density at radius 1 is 1.25 bits per heavy atom. The number of nitrogens with two attached hydrogens (primary N) is 2. The van der Waals surface area contributed by atoms with Crippen molar-refractivity contribution in [2.24, 2.45) is 11.5 Å². The van der Waals surface area contributed by atoms with Gasteiger partial charge in [0.1, 0.15) is 11.5 Å². The van der Waals surface area contributed by atoms with Crippen LogP contribution in [-0.2, 0) is 30.7 Å². The maximum Gasteiger partial charge on any atom is 0.526 e. The van der Waals surface area contributed by atoms with Gasteiger partial charge >= 0.3 is 13.1 Å². The quantitative estimate of drug-likeness (QED) is 0.510. The summed E-state index contributed by atoms with van der Waals surface area (Å²) in [5.41, 5.74) is 14.3. The molecule has 9 heteroatoms. The van der Waals surface area contributed by atoms with Gasteiger partial charge in [-0.2, -0.15) is 0 Å². The van der Waals surface area contributed by atoms with E-state index in [1.165, 1.54) is 6.07 Å². The van der Waals surface area contributed by atoms with E-state index in [9.17, 15) is 19.7 Å². The van der Waals surface area contributed by atoms with Gasteiger partial charge in [0.2, 0.25) is 0 Å². The third-order valence-corrected chi connectivity index (χ3v) is 4.90. The summed E-state index contributed by atoms with van der Waals surface area (Å²) in [7, 11) is -1.25. The summed E-state index contributed by atoms with van der Waals surface area (Å²) < 4.78 is 5.43. The molecule has 28 heavy (non-hydrogen) atoms. The lowest BCUT2D eigenvalue weighted by Gasteiger charge is -2.28. The molecule has 8 nitrogen and oxygen atoms in total. The van der Waals surface area contributed by atoms with Gasteiger partial charge < -0.3 is 26.3 Å². The number of fused-ring (bicyclic) bond motifs is 1. The molecule has 0 bridgehead atoms. The Balaban J connectivity index is 1.70. The maximum absolute atomic E-state index is 12.5. The lowest BCUT2D eigenvalue weighted by Crippen LogP contribution is -2.36. The van der Waals surface area contributed by atoms with Gasteiger partial charge in [0.25, 0.3) is 0 Å². The number of aromatic nitrogens is 1. The van der Waals surface area contributed by atoms with Crippen molar-refractivity contribution in [3.05, 3.63) is 58.4 Å². The minimum absolute atomic E-state index is 0.000154. The number of benzene rings is 1. The molecule has 0 spiro atoms. The average Bonchev–Trinajstić information content (AvgIpc) is 2.67. The van der Waals surface area contributed by atoms with Crippen LogP contribution in [0.1, 0.15) is 39.2 Å². The van der Waals surface area contributed by atoms with E-state index in [1.807, 2.05) is 0 Å². The SMILES string of the molecule is NCc1cnc(CC(=O)C[C@H]2Cc3cccc(C(=O)O)c3OB2O)cc1CN. The predicted octanol–water partition coefficient (Wildman–Crippen LogP) is 0.685. The summed E-state index contributed by atoms with van der Waals surface area (Å²) in [6, 6.07) is 6.57. The van der Waals surface area contributed by atoms with Gasteiger partial charge in [-0.3, -0.25) is 9.78 Å². The summed E-state index contributed by atoms with van der Waals surface area (Å²) in [5, 5.41) is 19.5. The van der Waals surface area contributed by atoms with Crippen molar-refractivity contribution in [3.8, 4) is 5.75 Å². The first kappa shape index (κ1) is 20.0. The van der Waals surface area contributed by atoms with Crippen LogP contribution < -0.4 is 16.1 Å². The van der Waals surface area contributed by atoms with Gasteiger partial charge in [0.15, 0.2) is 0 Å². The van der Waals surface area contributed by atoms with Gasteiger partial charge in [0.05, 0.1) is 5.56 Å². The molecule has 1 aromatic heterocycles. The van der Waals surface area contributed by atoms with Gasteiger partial charge in [-0.05, 0) is 35.2 Å². The lowest BCUT2D eigenvalue weighted by molar-refractivity contribution is -0.118. The number of carbonyl (C=O) groups excluding carboxylic acids is 1. The van der Waals surface area contributed by atoms with E-state index in [4.69, 9.17) is 16.1 Å². The number of ketones is 1. The molecular formula is C19H22BN3O5. The van der Waals surface area contributed by atoms with Crippen molar-refractivity contribution in [1.82, 2.24) is 4.98 Å². The van der Waals surface area contributed by atoms with Crippen LogP contribution in [0.25, 0.3) is 0 Å². The summed E-state index contributed by atoms with van der Waals surface area (Å²) in [4.78, 5) is 28.1. The Bertz CT molecular complexity index is 905. The highest BCUT2D eigenvalue weighted by Gasteiger charge is 2.37. The Morgan fingerprint density at radius 3 is 2.68 bits per heavy atom. The maximum atomic E-state index is 12.5. The normalized spacial score (nSPS) is 15.7. The molecule has 1 aliphatic heterocycles. The predicted molar refractivity (Wildman–Crippen MR) is 103 cm³/mol. The van der Waals surface area contributed by atoms with Crippen molar-refractivity contribution in [2.75, 3.05) is 0 Å². The van der Waals surface area contributed by atoms with Crippen LogP contribution in [0.5, 0.6) is 5.75 Å². The largest absolute Gasteiger partial charge is 0.535 e. The molecule has 0 saturated heterocycles. The monoisotopic (exact) mass is 383 g/mol. The molecule has 2 aromatic rings. The molecule has 6 N–H and O–H groups in total. The standard InChI is InChI=1S/C19H22BN3O5/c21-8-12-5-15(23-10-13(12)9-22)7-16(24)6-14-4-11-2-1-3-17(19(25)26)18(11)28-20(14)27/h1-3,5,10,14,27H,4,6-9,21-22H2,(H,25,26)/t14-/m1/s1. The van der Waals surface area contributed by atoms with Gasteiger partial charge in [0, 0.05) is 43.6 Å². The summed E-state index contributed by atoms with van der Waals surface area (Å²) in [6.45, 7) is 0.644. The number of carbonyl (C=O) groups is 2. The first-order chi connectivity index (χ1) is 13.4. The number of carboxylic acid groups (broad SMARTS) is 1. The Hall–Kier alpha value is -2.75.